The lowest BCUT2D eigenvalue weighted by Gasteiger charge is -2.29. The van der Waals surface area contributed by atoms with Crippen LogP contribution in [0.1, 0.15) is 41.1 Å². The van der Waals surface area contributed by atoms with Crippen molar-refractivity contribution in [3.8, 4) is 0 Å². The molecule has 3 heterocycles. The lowest BCUT2D eigenvalue weighted by atomic mass is 9.95. The molecular formula is C27H22F3N5. The fourth-order valence-corrected chi connectivity index (χ4v) is 4.44. The Balaban J connectivity index is 1.40. The Morgan fingerprint density at radius 2 is 1.83 bits per heavy atom. The van der Waals surface area contributed by atoms with Crippen LogP contribution in [0, 0.1) is 0 Å². The molecule has 0 amide bonds. The van der Waals surface area contributed by atoms with Crippen LogP contribution in [0.3, 0.4) is 0 Å². The second-order valence-electron chi connectivity index (χ2n) is 8.98. The van der Waals surface area contributed by atoms with E-state index in [0.29, 0.717) is 18.2 Å². The summed E-state index contributed by atoms with van der Waals surface area (Å²) in [6.45, 7) is -0.678. The maximum Gasteiger partial charge on any atom is 0.405 e. The van der Waals surface area contributed by atoms with Gasteiger partial charge in [-0.25, -0.2) is 9.97 Å². The number of nitrogens with zero attached hydrogens (tertiary/aromatic N) is 4. The molecule has 1 saturated carbocycles. The zero-order chi connectivity index (χ0) is 24.0. The van der Waals surface area contributed by atoms with Crippen molar-refractivity contribution in [2.45, 2.75) is 31.5 Å². The highest BCUT2D eigenvalue weighted by Crippen LogP contribution is 2.41. The molecule has 6 rings (SSSR count). The Morgan fingerprint density at radius 1 is 1.00 bits per heavy atom. The Hall–Kier alpha value is -3.94. The lowest BCUT2D eigenvalue weighted by Crippen LogP contribution is -2.25. The van der Waals surface area contributed by atoms with Crippen LogP contribution < -0.4 is 10.2 Å². The number of nitrogens with one attached hydrogen (secondary N) is 1. The number of rotatable bonds is 5. The third-order valence-electron chi connectivity index (χ3n) is 6.38. The maximum atomic E-state index is 12.7. The monoisotopic (exact) mass is 473 g/mol. The van der Waals surface area contributed by atoms with Gasteiger partial charge in [0.05, 0.1) is 17.8 Å². The van der Waals surface area contributed by atoms with Gasteiger partial charge in [0.15, 0.2) is 0 Å². The van der Waals surface area contributed by atoms with Crippen molar-refractivity contribution in [1.29, 1.82) is 0 Å². The van der Waals surface area contributed by atoms with Crippen molar-refractivity contribution >= 4 is 28.1 Å². The molecule has 0 spiro atoms. The van der Waals surface area contributed by atoms with Crippen molar-refractivity contribution in [2.24, 2.45) is 0 Å². The minimum absolute atomic E-state index is 0.0354. The molecule has 8 heteroatoms. The number of fused-ring (bicyclic) bond motifs is 2. The summed E-state index contributed by atoms with van der Waals surface area (Å²) in [7, 11) is 0. The predicted molar refractivity (Wildman–Crippen MR) is 130 cm³/mol. The van der Waals surface area contributed by atoms with E-state index in [0.717, 1.165) is 33.3 Å². The largest absolute Gasteiger partial charge is 0.405 e. The average Bonchev–Trinajstić information content (AvgIpc) is 3.72. The molecule has 35 heavy (non-hydrogen) atoms. The number of pyridine rings is 1. The third kappa shape index (κ3) is 4.56. The van der Waals surface area contributed by atoms with E-state index in [1.807, 2.05) is 30.5 Å². The highest BCUT2D eigenvalue weighted by molar-refractivity contribution is 5.86. The second kappa shape index (κ2) is 8.37. The second-order valence-corrected chi connectivity index (χ2v) is 8.98. The summed E-state index contributed by atoms with van der Waals surface area (Å²) in [5, 5.41) is 3.34. The fraction of sp³-hybridized carbons (Fsp3) is 0.222. The number of benzene rings is 2. The lowest BCUT2D eigenvalue weighted by molar-refractivity contribution is -0.115. The highest BCUT2D eigenvalue weighted by Gasteiger charge is 2.28. The molecule has 2 aromatic carbocycles. The van der Waals surface area contributed by atoms with E-state index in [1.165, 1.54) is 18.4 Å². The molecule has 1 aliphatic heterocycles. The van der Waals surface area contributed by atoms with E-state index >= 15 is 0 Å². The van der Waals surface area contributed by atoms with Crippen molar-refractivity contribution in [2.75, 3.05) is 16.8 Å². The Labute approximate surface area is 200 Å². The number of alkyl halides is 3. The van der Waals surface area contributed by atoms with Crippen LogP contribution >= 0.6 is 0 Å². The predicted octanol–water partition coefficient (Wildman–Crippen LogP) is 6.29. The van der Waals surface area contributed by atoms with Gasteiger partial charge in [-0.15, -0.1) is 0 Å². The smallest absolute Gasteiger partial charge is 0.345 e. The molecular weight excluding hydrogens is 451 g/mol. The topological polar surface area (TPSA) is 53.9 Å². The van der Waals surface area contributed by atoms with E-state index in [4.69, 9.17) is 0 Å². The van der Waals surface area contributed by atoms with Gasteiger partial charge in [0.1, 0.15) is 6.54 Å². The summed E-state index contributed by atoms with van der Waals surface area (Å²) in [6, 6.07) is 18.4. The zero-order valence-corrected chi connectivity index (χ0v) is 18.8. The Kier molecular flexibility index (Phi) is 5.16. The first-order chi connectivity index (χ1) is 16.9. The molecule has 0 saturated heterocycles. The van der Waals surface area contributed by atoms with Crippen LogP contribution in [0.2, 0.25) is 0 Å². The van der Waals surface area contributed by atoms with Gasteiger partial charge in [-0.2, -0.15) is 13.2 Å². The third-order valence-corrected chi connectivity index (χ3v) is 6.38. The molecule has 1 aliphatic carbocycles. The summed E-state index contributed by atoms with van der Waals surface area (Å²) in [6.07, 6.45) is 3.49. The van der Waals surface area contributed by atoms with Crippen molar-refractivity contribution < 1.29 is 13.2 Å². The molecule has 4 aromatic rings. The number of aromatic nitrogens is 3. The van der Waals surface area contributed by atoms with Gasteiger partial charge >= 0.3 is 6.18 Å². The number of halogens is 3. The van der Waals surface area contributed by atoms with E-state index in [-0.39, 0.29) is 5.95 Å². The van der Waals surface area contributed by atoms with Gasteiger partial charge in [-0.1, -0.05) is 30.3 Å². The Bertz CT molecular complexity index is 1430. The van der Waals surface area contributed by atoms with E-state index in [9.17, 15) is 13.2 Å². The van der Waals surface area contributed by atoms with E-state index in [1.54, 1.807) is 12.4 Å². The summed E-state index contributed by atoms with van der Waals surface area (Å²) < 4.78 is 38.2. The summed E-state index contributed by atoms with van der Waals surface area (Å²) in [4.78, 5) is 15.2. The summed E-state index contributed by atoms with van der Waals surface area (Å²) in [5.41, 5.74) is 6.51. The van der Waals surface area contributed by atoms with Gasteiger partial charge in [-0.05, 0) is 54.2 Å². The Morgan fingerprint density at radius 3 is 2.60 bits per heavy atom. The standard InChI is InChI=1S/C27H22F3N5/c28-27(29,30)16-33-26-32-13-21-14-35(22-9-10-24-20(12-22)2-1-11-31-24)15-23(25(21)34-26)19-7-5-18(6-8-19)17-3-4-17/h1-2,5-13,15,17H,3-4,14,16H2,(H,32,33,34). The number of anilines is 2. The van der Waals surface area contributed by atoms with Crippen LogP contribution in [0.4, 0.5) is 24.8 Å². The molecule has 2 aromatic heterocycles. The molecule has 1 N–H and O–H groups in total. The fourth-order valence-electron chi connectivity index (χ4n) is 4.44. The molecule has 0 unspecified atom stereocenters. The molecule has 176 valence electrons. The molecule has 0 bridgehead atoms. The van der Waals surface area contributed by atoms with Crippen LogP contribution in [-0.2, 0) is 6.54 Å². The van der Waals surface area contributed by atoms with Gasteiger partial charge < -0.3 is 10.2 Å². The first kappa shape index (κ1) is 21.6. The normalized spacial score (nSPS) is 15.6. The van der Waals surface area contributed by atoms with Crippen LogP contribution in [0.15, 0.2) is 73.2 Å². The van der Waals surface area contributed by atoms with Gasteiger partial charge in [0.25, 0.3) is 0 Å². The molecule has 5 nitrogen and oxygen atoms in total. The molecule has 0 atom stereocenters. The number of hydrogen-bond donors (Lipinski definition) is 1. The summed E-state index contributed by atoms with van der Waals surface area (Å²) in [5.74, 6) is 0.603. The van der Waals surface area contributed by atoms with Crippen LogP contribution in [0.25, 0.3) is 16.5 Å². The molecule has 0 radical (unpaired) electrons. The van der Waals surface area contributed by atoms with Crippen LogP contribution in [0.5, 0.6) is 0 Å². The van der Waals surface area contributed by atoms with Gasteiger partial charge in [0, 0.05) is 40.8 Å². The molecule has 2 aliphatic rings. The minimum Gasteiger partial charge on any atom is -0.345 e. The van der Waals surface area contributed by atoms with Crippen LogP contribution in [-0.4, -0.2) is 27.7 Å². The molecule has 1 fully saturated rings. The SMILES string of the molecule is FC(F)(F)CNc1ncc2c(n1)C(c1ccc(C3CC3)cc1)=CN(c1ccc3ncccc3c1)C2. The van der Waals surface area contributed by atoms with Crippen molar-refractivity contribution in [3.05, 3.63) is 95.6 Å². The maximum absolute atomic E-state index is 12.7. The number of hydrogen-bond acceptors (Lipinski definition) is 5. The van der Waals surface area contributed by atoms with Gasteiger partial charge in [0.2, 0.25) is 5.95 Å². The van der Waals surface area contributed by atoms with Crippen molar-refractivity contribution in [3.63, 3.8) is 0 Å². The average molecular weight is 474 g/mol. The van der Waals surface area contributed by atoms with E-state index < -0.39 is 12.7 Å². The zero-order valence-electron chi connectivity index (χ0n) is 18.8. The van der Waals surface area contributed by atoms with Gasteiger partial charge in [-0.3, -0.25) is 4.98 Å². The summed E-state index contributed by atoms with van der Waals surface area (Å²) >= 11 is 0. The van der Waals surface area contributed by atoms with Crippen molar-refractivity contribution in [1.82, 2.24) is 15.0 Å². The van der Waals surface area contributed by atoms with E-state index in [2.05, 4.69) is 55.5 Å². The minimum atomic E-state index is -4.35. The quantitative estimate of drug-likeness (QED) is 0.369. The first-order valence-electron chi connectivity index (χ1n) is 11.5. The first-order valence-corrected chi connectivity index (χ1v) is 11.5. The highest BCUT2D eigenvalue weighted by atomic mass is 19.4.